The van der Waals surface area contributed by atoms with E-state index < -0.39 is 21.9 Å². The van der Waals surface area contributed by atoms with Crippen molar-refractivity contribution in [3.8, 4) is 0 Å². The Morgan fingerprint density at radius 2 is 2.23 bits per heavy atom. The number of hydrogen-bond donors (Lipinski definition) is 3. The van der Waals surface area contributed by atoms with Gasteiger partial charge in [-0.25, -0.2) is 13.1 Å². The summed E-state index contributed by atoms with van der Waals surface area (Å²) in [6.07, 6.45) is 4.77. The molecule has 1 unspecified atom stereocenters. The maximum atomic E-state index is 11.7. The standard InChI is InChI=1S/C13H20N4O4S/c1-22(20,21)16-7-4-10-11(8-16)15-17(12(10)14)13(19)5-2-9(18)3-6-13/h2,5,9,18-19H,3-4,6-8,14H2,1H3/t9?,13-/m0/s1. The van der Waals surface area contributed by atoms with Gasteiger partial charge in [0.2, 0.25) is 10.0 Å². The summed E-state index contributed by atoms with van der Waals surface area (Å²) in [4.78, 5) is 0. The molecule has 0 bridgehead atoms. The lowest BCUT2D eigenvalue weighted by Gasteiger charge is -2.30. The second-order valence-corrected chi connectivity index (χ2v) is 7.89. The van der Waals surface area contributed by atoms with Crippen LogP contribution in [0.25, 0.3) is 0 Å². The highest BCUT2D eigenvalue weighted by Gasteiger charge is 2.36. The average molecular weight is 328 g/mol. The summed E-state index contributed by atoms with van der Waals surface area (Å²) >= 11 is 0. The van der Waals surface area contributed by atoms with Gasteiger partial charge in [0.25, 0.3) is 0 Å². The Labute approximate surface area is 128 Å². The second-order valence-electron chi connectivity index (χ2n) is 5.91. The zero-order chi connectivity index (χ0) is 16.1. The number of fused-ring (bicyclic) bond motifs is 1. The summed E-state index contributed by atoms with van der Waals surface area (Å²) in [5.41, 5.74) is 6.08. The smallest absolute Gasteiger partial charge is 0.211 e. The molecular weight excluding hydrogens is 308 g/mol. The lowest BCUT2D eigenvalue weighted by molar-refractivity contribution is -0.0232. The van der Waals surface area contributed by atoms with E-state index in [4.69, 9.17) is 5.73 Å². The molecule has 3 rings (SSSR count). The topological polar surface area (TPSA) is 122 Å². The minimum Gasteiger partial charge on any atom is -0.389 e. The van der Waals surface area contributed by atoms with Crippen LogP contribution in [0.5, 0.6) is 0 Å². The number of aliphatic hydroxyl groups is 2. The average Bonchev–Trinajstić information content (AvgIpc) is 2.79. The largest absolute Gasteiger partial charge is 0.389 e. The number of nitrogen functional groups attached to an aromatic ring is 1. The van der Waals surface area contributed by atoms with E-state index in [-0.39, 0.29) is 6.54 Å². The fourth-order valence-electron chi connectivity index (χ4n) is 2.95. The Morgan fingerprint density at radius 1 is 1.50 bits per heavy atom. The van der Waals surface area contributed by atoms with Crippen LogP contribution < -0.4 is 5.73 Å². The molecule has 22 heavy (non-hydrogen) atoms. The molecule has 9 heteroatoms. The van der Waals surface area contributed by atoms with Crippen LogP contribution in [0, 0.1) is 0 Å². The molecule has 122 valence electrons. The van der Waals surface area contributed by atoms with Crippen LogP contribution in [0.3, 0.4) is 0 Å². The first-order chi connectivity index (χ1) is 10.2. The minimum absolute atomic E-state index is 0.161. The fourth-order valence-corrected chi connectivity index (χ4v) is 3.73. The van der Waals surface area contributed by atoms with Gasteiger partial charge >= 0.3 is 0 Å². The van der Waals surface area contributed by atoms with Gasteiger partial charge in [-0.3, -0.25) is 0 Å². The van der Waals surface area contributed by atoms with Crippen molar-refractivity contribution in [1.82, 2.24) is 14.1 Å². The molecule has 0 spiro atoms. The molecule has 1 aromatic rings. The van der Waals surface area contributed by atoms with Crippen LogP contribution in [-0.2, 0) is 28.7 Å². The van der Waals surface area contributed by atoms with Gasteiger partial charge in [0.15, 0.2) is 5.72 Å². The number of sulfonamides is 1. The summed E-state index contributed by atoms with van der Waals surface area (Å²) in [7, 11) is -3.29. The highest BCUT2D eigenvalue weighted by atomic mass is 32.2. The van der Waals surface area contributed by atoms with Crippen molar-refractivity contribution < 1.29 is 18.6 Å². The van der Waals surface area contributed by atoms with E-state index in [1.54, 1.807) is 0 Å². The van der Waals surface area contributed by atoms with Crippen LogP contribution in [0.4, 0.5) is 5.82 Å². The third kappa shape index (κ3) is 2.54. The van der Waals surface area contributed by atoms with E-state index >= 15 is 0 Å². The maximum Gasteiger partial charge on any atom is 0.211 e. The number of aliphatic hydroxyl groups excluding tert-OH is 1. The molecule has 0 saturated heterocycles. The molecular formula is C13H20N4O4S. The first-order valence-electron chi connectivity index (χ1n) is 7.12. The summed E-state index contributed by atoms with van der Waals surface area (Å²) in [5.74, 6) is 0.353. The number of hydrogen-bond acceptors (Lipinski definition) is 6. The van der Waals surface area contributed by atoms with Gasteiger partial charge in [-0.15, -0.1) is 0 Å². The molecule has 0 saturated carbocycles. The lowest BCUT2D eigenvalue weighted by atomic mass is 9.97. The predicted molar refractivity (Wildman–Crippen MR) is 80.2 cm³/mol. The zero-order valence-corrected chi connectivity index (χ0v) is 13.1. The van der Waals surface area contributed by atoms with E-state index in [1.807, 2.05) is 0 Å². The molecule has 0 radical (unpaired) electrons. The molecule has 2 aliphatic rings. The molecule has 2 atom stereocenters. The van der Waals surface area contributed by atoms with E-state index in [0.29, 0.717) is 37.3 Å². The number of aromatic nitrogens is 2. The van der Waals surface area contributed by atoms with Crippen molar-refractivity contribution in [3.05, 3.63) is 23.4 Å². The van der Waals surface area contributed by atoms with Gasteiger partial charge in [-0.2, -0.15) is 9.40 Å². The van der Waals surface area contributed by atoms with Crippen molar-refractivity contribution in [3.63, 3.8) is 0 Å². The molecule has 0 aromatic carbocycles. The fraction of sp³-hybridized carbons (Fsp3) is 0.615. The quantitative estimate of drug-likeness (QED) is 0.607. The van der Waals surface area contributed by atoms with E-state index in [0.717, 1.165) is 11.8 Å². The Hall–Kier alpha value is -1.42. The van der Waals surface area contributed by atoms with Crippen molar-refractivity contribution in [2.75, 3.05) is 18.5 Å². The minimum atomic E-state index is -3.29. The molecule has 1 aliphatic heterocycles. The Kier molecular flexibility index (Phi) is 3.55. The third-order valence-electron chi connectivity index (χ3n) is 4.27. The predicted octanol–water partition coefficient (Wildman–Crippen LogP) is -0.861. The second kappa shape index (κ2) is 5.05. The molecule has 1 aliphatic carbocycles. The van der Waals surface area contributed by atoms with Gasteiger partial charge in [0.05, 0.1) is 24.6 Å². The van der Waals surface area contributed by atoms with E-state index in [2.05, 4.69) is 5.10 Å². The maximum absolute atomic E-state index is 11.7. The van der Waals surface area contributed by atoms with Crippen molar-refractivity contribution in [2.24, 2.45) is 0 Å². The number of nitrogens with zero attached hydrogens (tertiary/aromatic N) is 3. The Bertz CT molecular complexity index is 727. The highest BCUT2D eigenvalue weighted by molar-refractivity contribution is 7.88. The molecule has 0 amide bonds. The SMILES string of the molecule is CS(=O)(=O)N1CCc2c(nn([C@]3(O)C=CC(O)CC3)c2N)C1. The summed E-state index contributed by atoms with van der Waals surface area (Å²) in [6, 6.07) is 0. The van der Waals surface area contributed by atoms with Crippen LogP contribution in [-0.4, -0.2) is 51.6 Å². The molecule has 0 fully saturated rings. The molecule has 1 aromatic heterocycles. The van der Waals surface area contributed by atoms with Gasteiger partial charge in [0, 0.05) is 18.5 Å². The summed E-state index contributed by atoms with van der Waals surface area (Å²) < 4.78 is 26.0. The number of nitrogens with two attached hydrogens (primary N) is 1. The van der Waals surface area contributed by atoms with Gasteiger partial charge in [-0.1, -0.05) is 6.08 Å². The zero-order valence-electron chi connectivity index (χ0n) is 12.3. The Balaban J connectivity index is 1.97. The number of rotatable bonds is 2. The normalized spacial score (nSPS) is 29.5. The van der Waals surface area contributed by atoms with Crippen molar-refractivity contribution >= 4 is 15.8 Å². The van der Waals surface area contributed by atoms with Gasteiger partial charge in [-0.05, 0) is 18.9 Å². The van der Waals surface area contributed by atoms with Gasteiger partial charge in [0.1, 0.15) is 5.82 Å². The van der Waals surface area contributed by atoms with Gasteiger partial charge < -0.3 is 15.9 Å². The first kappa shape index (κ1) is 15.5. The summed E-state index contributed by atoms with van der Waals surface area (Å²) in [6.45, 7) is 0.516. The lowest BCUT2D eigenvalue weighted by Crippen LogP contribution is -2.37. The molecule has 8 nitrogen and oxygen atoms in total. The van der Waals surface area contributed by atoms with Crippen molar-refractivity contribution in [1.29, 1.82) is 0 Å². The van der Waals surface area contributed by atoms with Crippen molar-refractivity contribution in [2.45, 2.75) is 37.6 Å². The third-order valence-corrected chi connectivity index (χ3v) is 5.52. The molecule has 2 heterocycles. The highest BCUT2D eigenvalue weighted by Crippen LogP contribution is 2.33. The van der Waals surface area contributed by atoms with Crippen LogP contribution in [0.15, 0.2) is 12.2 Å². The monoisotopic (exact) mass is 328 g/mol. The Morgan fingerprint density at radius 3 is 2.82 bits per heavy atom. The van der Waals surface area contributed by atoms with Crippen LogP contribution >= 0.6 is 0 Å². The van der Waals surface area contributed by atoms with Crippen LogP contribution in [0.2, 0.25) is 0 Å². The van der Waals surface area contributed by atoms with E-state index in [9.17, 15) is 18.6 Å². The molecule has 4 N–H and O–H groups in total. The number of anilines is 1. The summed E-state index contributed by atoms with van der Waals surface area (Å²) in [5, 5.41) is 24.6. The van der Waals surface area contributed by atoms with Crippen LogP contribution in [0.1, 0.15) is 24.1 Å². The first-order valence-corrected chi connectivity index (χ1v) is 8.97. The van der Waals surface area contributed by atoms with E-state index in [1.165, 1.54) is 21.1 Å².